The average molecular weight is 220 g/mol. The summed E-state index contributed by atoms with van der Waals surface area (Å²) in [5.41, 5.74) is 0. The van der Waals surface area contributed by atoms with Gasteiger partial charge in [-0.05, 0) is 19.3 Å². The second kappa shape index (κ2) is 4.77. The summed E-state index contributed by atoms with van der Waals surface area (Å²) in [6.45, 7) is 0. The minimum atomic E-state index is -3.02. The number of aliphatic carboxylic acids is 1. The molecule has 1 fully saturated rings. The Bertz CT molecular complexity index is 288. The van der Waals surface area contributed by atoms with Crippen molar-refractivity contribution in [3.8, 4) is 0 Å². The Labute approximate surface area is 84.2 Å². The first-order chi connectivity index (χ1) is 6.52. The van der Waals surface area contributed by atoms with Crippen LogP contribution in [0, 0.1) is 0 Å². The summed E-state index contributed by atoms with van der Waals surface area (Å²) in [4.78, 5) is 10.2. The van der Waals surface area contributed by atoms with E-state index in [1.807, 2.05) is 0 Å². The van der Waals surface area contributed by atoms with E-state index in [-0.39, 0.29) is 23.8 Å². The topological polar surface area (TPSA) is 71.4 Å². The molecule has 82 valence electrons. The Morgan fingerprint density at radius 3 is 2.36 bits per heavy atom. The Kier molecular flexibility index (Phi) is 3.92. The van der Waals surface area contributed by atoms with Gasteiger partial charge in [-0.1, -0.05) is 12.8 Å². The van der Waals surface area contributed by atoms with E-state index in [1.54, 1.807) is 0 Å². The fourth-order valence-corrected chi connectivity index (χ4v) is 3.77. The van der Waals surface area contributed by atoms with Crippen LogP contribution in [0.3, 0.4) is 0 Å². The predicted molar refractivity (Wildman–Crippen MR) is 52.9 cm³/mol. The molecule has 0 spiro atoms. The van der Waals surface area contributed by atoms with Gasteiger partial charge < -0.3 is 5.11 Å². The van der Waals surface area contributed by atoms with Crippen LogP contribution < -0.4 is 0 Å². The Hall–Kier alpha value is -0.580. The summed E-state index contributed by atoms with van der Waals surface area (Å²) >= 11 is 0. The summed E-state index contributed by atoms with van der Waals surface area (Å²) < 4.78 is 23.2. The lowest BCUT2D eigenvalue weighted by Crippen LogP contribution is -2.21. The zero-order chi connectivity index (χ0) is 10.6. The number of hydrogen-bond acceptors (Lipinski definition) is 3. The molecule has 1 N–H and O–H groups in total. The molecule has 0 aromatic carbocycles. The van der Waals surface area contributed by atoms with E-state index in [2.05, 4.69) is 0 Å². The molecule has 0 bridgehead atoms. The lowest BCUT2D eigenvalue weighted by molar-refractivity contribution is -0.137. The molecule has 0 heterocycles. The highest BCUT2D eigenvalue weighted by molar-refractivity contribution is 7.92. The van der Waals surface area contributed by atoms with Gasteiger partial charge in [-0.25, -0.2) is 8.42 Å². The van der Waals surface area contributed by atoms with Gasteiger partial charge in [-0.15, -0.1) is 0 Å². The Morgan fingerprint density at radius 2 is 1.86 bits per heavy atom. The van der Waals surface area contributed by atoms with E-state index in [9.17, 15) is 13.2 Å². The van der Waals surface area contributed by atoms with Crippen LogP contribution in [-0.4, -0.2) is 30.5 Å². The van der Waals surface area contributed by atoms with Crippen LogP contribution >= 0.6 is 0 Å². The van der Waals surface area contributed by atoms with Gasteiger partial charge in [0.1, 0.15) is 0 Å². The summed E-state index contributed by atoms with van der Waals surface area (Å²) in [6, 6.07) is 0. The number of rotatable bonds is 5. The fourth-order valence-electron chi connectivity index (χ4n) is 1.84. The quantitative estimate of drug-likeness (QED) is 0.756. The molecule has 5 heteroatoms. The minimum Gasteiger partial charge on any atom is -0.481 e. The Morgan fingerprint density at radius 1 is 1.29 bits per heavy atom. The van der Waals surface area contributed by atoms with Crippen molar-refractivity contribution in [2.45, 2.75) is 43.8 Å². The van der Waals surface area contributed by atoms with E-state index >= 15 is 0 Å². The highest BCUT2D eigenvalue weighted by atomic mass is 32.2. The third-order valence-corrected chi connectivity index (χ3v) is 4.97. The molecule has 0 atom stereocenters. The number of sulfone groups is 1. The van der Waals surface area contributed by atoms with Crippen molar-refractivity contribution in [1.29, 1.82) is 0 Å². The molecule has 0 amide bonds. The number of carboxylic acids is 1. The van der Waals surface area contributed by atoms with Crippen LogP contribution in [0.1, 0.15) is 38.5 Å². The van der Waals surface area contributed by atoms with Gasteiger partial charge in [0.25, 0.3) is 0 Å². The molecule has 4 nitrogen and oxygen atoms in total. The first-order valence-corrected chi connectivity index (χ1v) is 6.67. The zero-order valence-electron chi connectivity index (χ0n) is 8.11. The molecular formula is C9H16O4S. The van der Waals surface area contributed by atoms with Crippen molar-refractivity contribution >= 4 is 15.8 Å². The molecule has 1 saturated carbocycles. The van der Waals surface area contributed by atoms with Gasteiger partial charge in [0.15, 0.2) is 9.84 Å². The summed E-state index contributed by atoms with van der Waals surface area (Å²) in [5, 5.41) is 8.18. The average Bonchev–Trinajstić information content (AvgIpc) is 2.54. The molecule has 0 aromatic heterocycles. The summed E-state index contributed by atoms with van der Waals surface area (Å²) in [5.74, 6) is -0.893. The van der Waals surface area contributed by atoms with E-state index in [0.29, 0.717) is 0 Å². The molecule has 1 aliphatic carbocycles. The number of hydrogen-bond donors (Lipinski definition) is 1. The van der Waals surface area contributed by atoms with Gasteiger partial charge in [0, 0.05) is 6.42 Å². The number of carboxylic acid groups (broad SMARTS) is 1. The van der Waals surface area contributed by atoms with Crippen LogP contribution in [0.25, 0.3) is 0 Å². The number of carbonyl (C=O) groups is 1. The van der Waals surface area contributed by atoms with Crippen molar-refractivity contribution in [2.24, 2.45) is 0 Å². The van der Waals surface area contributed by atoms with E-state index < -0.39 is 15.8 Å². The zero-order valence-corrected chi connectivity index (χ0v) is 8.92. The van der Waals surface area contributed by atoms with Gasteiger partial charge >= 0.3 is 5.97 Å². The normalized spacial score (nSPS) is 18.6. The van der Waals surface area contributed by atoms with Crippen LogP contribution in [-0.2, 0) is 14.6 Å². The van der Waals surface area contributed by atoms with Crippen LogP contribution in [0.15, 0.2) is 0 Å². The SMILES string of the molecule is O=C(O)CCCS(=O)(=O)C1CCCC1. The highest BCUT2D eigenvalue weighted by Gasteiger charge is 2.28. The first-order valence-electron chi connectivity index (χ1n) is 4.96. The van der Waals surface area contributed by atoms with Crippen molar-refractivity contribution in [1.82, 2.24) is 0 Å². The molecule has 0 aliphatic heterocycles. The minimum absolute atomic E-state index is 0.0317. The van der Waals surface area contributed by atoms with Gasteiger partial charge in [0.05, 0.1) is 11.0 Å². The van der Waals surface area contributed by atoms with Crippen molar-refractivity contribution in [2.75, 3.05) is 5.75 Å². The van der Waals surface area contributed by atoms with Crippen molar-refractivity contribution in [3.05, 3.63) is 0 Å². The standard InChI is InChI=1S/C9H16O4S/c10-9(11)6-3-7-14(12,13)8-4-1-2-5-8/h8H,1-7H2,(H,10,11). The molecule has 1 rings (SSSR count). The fraction of sp³-hybridized carbons (Fsp3) is 0.889. The maximum absolute atomic E-state index is 11.6. The molecule has 1 aliphatic rings. The molecule has 0 radical (unpaired) electrons. The monoisotopic (exact) mass is 220 g/mol. The highest BCUT2D eigenvalue weighted by Crippen LogP contribution is 2.25. The second-order valence-corrected chi connectivity index (χ2v) is 6.17. The van der Waals surface area contributed by atoms with E-state index in [1.165, 1.54) is 0 Å². The van der Waals surface area contributed by atoms with E-state index in [4.69, 9.17) is 5.11 Å². The lowest BCUT2D eigenvalue weighted by Gasteiger charge is -2.09. The largest absolute Gasteiger partial charge is 0.481 e. The van der Waals surface area contributed by atoms with Crippen molar-refractivity contribution in [3.63, 3.8) is 0 Å². The van der Waals surface area contributed by atoms with E-state index in [0.717, 1.165) is 25.7 Å². The lowest BCUT2D eigenvalue weighted by atomic mass is 10.3. The van der Waals surface area contributed by atoms with Gasteiger partial charge in [-0.3, -0.25) is 4.79 Å². The van der Waals surface area contributed by atoms with Gasteiger partial charge in [0.2, 0.25) is 0 Å². The molecule has 14 heavy (non-hydrogen) atoms. The second-order valence-electron chi connectivity index (χ2n) is 3.77. The maximum atomic E-state index is 11.6. The first kappa shape index (κ1) is 11.5. The smallest absolute Gasteiger partial charge is 0.303 e. The maximum Gasteiger partial charge on any atom is 0.303 e. The van der Waals surface area contributed by atoms with Crippen molar-refractivity contribution < 1.29 is 18.3 Å². The third kappa shape index (κ3) is 3.29. The molecule has 0 aromatic rings. The Balaban J connectivity index is 2.37. The summed E-state index contributed by atoms with van der Waals surface area (Å²) in [6.07, 6.45) is 3.69. The predicted octanol–water partition coefficient (Wildman–Crippen LogP) is 1.21. The van der Waals surface area contributed by atoms with Crippen LogP contribution in [0.5, 0.6) is 0 Å². The molecule has 0 unspecified atom stereocenters. The molecular weight excluding hydrogens is 204 g/mol. The third-order valence-electron chi connectivity index (χ3n) is 2.63. The van der Waals surface area contributed by atoms with Gasteiger partial charge in [-0.2, -0.15) is 0 Å². The molecule has 0 saturated heterocycles. The summed E-state index contributed by atoms with van der Waals surface area (Å²) in [7, 11) is -3.02. The van der Waals surface area contributed by atoms with Crippen LogP contribution in [0.2, 0.25) is 0 Å². The van der Waals surface area contributed by atoms with Crippen LogP contribution in [0.4, 0.5) is 0 Å².